The van der Waals surface area contributed by atoms with Crippen LogP contribution in [0.3, 0.4) is 0 Å². The Morgan fingerprint density at radius 3 is 2.60 bits per heavy atom. The summed E-state index contributed by atoms with van der Waals surface area (Å²) in [6.45, 7) is 5.08. The summed E-state index contributed by atoms with van der Waals surface area (Å²) in [6.07, 6.45) is 3.01. The van der Waals surface area contributed by atoms with E-state index in [1.807, 2.05) is 38.1 Å². The van der Waals surface area contributed by atoms with Crippen molar-refractivity contribution in [3.63, 3.8) is 0 Å². The molecule has 1 N–H and O–H groups in total. The second-order valence-corrected chi connectivity index (χ2v) is 7.81. The maximum atomic E-state index is 12.0. The second kappa shape index (κ2) is 9.77. The number of anilines is 1. The first-order valence-corrected chi connectivity index (χ1v) is 9.84. The van der Waals surface area contributed by atoms with E-state index in [1.54, 1.807) is 4.90 Å². The van der Waals surface area contributed by atoms with Crippen LogP contribution in [0.1, 0.15) is 39.5 Å². The molecule has 1 aromatic rings. The molecule has 5 nitrogen and oxygen atoms in total. The van der Waals surface area contributed by atoms with E-state index in [9.17, 15) is 9.59 Å². The Hall–Kier alpha value is -1.60. The highest BCUT2D eigenvalue weighted by Gasteiger charge is 2.32. The van der Waals surface area contributed by atoms with Crippen molar-refractivity contribution in [2.24, 2.45) is 0 Å². The first-order valence-electron chi connectivity index (χ1n) is 8.56. The quantitative estimate of drug-likeness (QED) is 0.521. The van der Waals surface area contributed by atoms with Crippen molar-refractivity contribution in [2.45, 2.75) is 44.8 Å². The fraction of sp³-hybridized carbons (Fsp3) is 0.500. The zero-order valence-corrected chi connectivity index (χ0v) is 16.3. The van der Waals surface area contributed by atoms with Gasteiger partial charge in [0.05, 0.1) is 11.9 Å². The lowest BCUT2D eigenvalue weighted by atomic mass is 10.1. The van der Waals surface area contributed by atoms with Crippen LogP contribution < -0.4 is 10.1 Å². The highest BCUT2D eigenvalue weighted by molar-refractivity contribution is 8.24. The third-order valence-corrected chi connectivity index (χ3v) is 5.33. The third-order valence-electron chi connectivity index (χ3n) is 3.85. The molecule has 2 amide bonds. The first kappa shape index (κ1) is 19.7. The lowest BCUT2D eigenvalue weighted by molar-refractivity contribution is -0.125. The van der Waals surface area contributed by atoms with Crippen molar-refractivity contribution in [1.82, 2.24) is 4.90 Å². The van der Waals surface area contributed by atoms with Gasteiger partial charge in [-0.3, -0.25) is 14.5 Å². The number of hydrogen-bond acceptors (Lipinski definition) is 5. The molecule has 25 heavy (non-hydrogen) atoms. The van der Waals surface area contributed by atoms with Gasteiger partial charge < -0.3 is 10.1 Å². The van der Waals surface area contributed by atoms with Crippen molar-refractivity contribution in [3.05, 3.63) is 24.3 Å². The highest BCUT2D eigenvalue weighted by Crippen LogP contribution is 2.27. The van der Waals surface area contributed by atoms with Gasteiger partial charge >= 0.3 is 0 Å². The number of amides is 2. The molecule has 2 rings (SSSR count). The van der Waals surface area contributed by atoms with E-state index in [0.29, 0.717) is 23.9 Å². The minimum atomic E-state index is -0.0626. The van der Waals surface area contributed by atoms with E-state index in [0.717, 1.165) is 30.7 Å². The van der Waals surface area contributed by atoms with Crippen molar-refractivity contribution < 1.29 is 14.3 Å². The van der Waals surface area contributed by atoms with Gasteiger partial charge in [-0.1, -0.05) is 30.4 Å². The molecule has 136 valence electrons. The molecule has 0 spiro atoms. The predicted octanol–water partition coefficient (Wildman–Crippen LogP) is 3.83. The number of nitrogens with one attached hydrogen (secondary N) is 1. The average Bonchev–Trinajstić information content (AvgIpc) is 2.82. The van der Waals surface area contributed by atoms with Gasteiger partial charge in [0.2, 0.25) is 11.8 Å². The fourth-order valence-electron chi connectivity index (χ4n) is 2.53. The number of benzene rings is 1. The van der Waals surface area contributed by atoms with Crippen molar-refractivity contribution in [3.8, 4) is 5.75 Å². The minimum Gasteiger partial charge on any atom is -0.494 e. The monoisotopic (exact) mass is 380 g/mol. The summed E-state index contributed by atoms with van der Waals surface area (Å²) in [5.74, 6) is 0.895. The number of carbonyl (C=O) groups excluding carboxylic acids is 2. The summed E-state index contributed by atoms with van der Waals surface area (Å²) in [5.41, 5.74) is 0.771. The molecule has 1 fully saturated rings. The van der Waals surface area contributed by atoms with Gasteiger partial charge in [0.15, 0.2) is 0 Å². The first-order chi connectivity index (χ1) is 12.0. The third kappa shape index (κ3) is 6.01. The van der Waals surface area contributed by atoms with E-state index >= 15 is 0 Å². The molecule has 1 aromatic carbocycles. The Morgan fingerprint density at radius 1 is 1.28 bits per heavy atom. The van der Waals surface area contributed by atoms with Gasteiger partial charge in [-0.15, -0.1) is 0 Å². The van der Waals surface area contributed by atoms with Crippen LogP contribution in [0.5, 0.6) is 5.75 Å². The van der Waals surface area contributed by atoms with Crippen LogP contribution in [-0.4, -0.2) is 39.4 Å². The van der Waals surface area contributed by atoms with Gasteiger partial charge in [-0.2, -0.15) is 0 Å². The molecule has 1 aliphatic heterocycles. The van der Waals surface area contributed by atoms with Crippen LogP contribution in [0.25, 0.3) is 0 Å². The SMILES string of the molecule is CCOc1ccc(NC(=O)CCCCCN2C(=O)C(C)SC2=S)cc1. The van der Waals surface area contributed by atoms with E-state index in [-0.39, 0.29) is 17.1 Å². The molecule has 1 heterocycles. The largest absolute Gasteiger partial charge is 0.494 e. The average molecular weight is 381 g/mol. The van der Waals surface area contributed by atoms with E-state index < -0.39 is 0 Å². The van der Waals surface area contributed by atoms with Crippen LogP contribution >= 0.6 is 24.0 Å². The zero-order chi connectivity index (χ0) is 18.2. The van der Waals surface area contributed by atoms with Gasteiger partial charge in [0.1, 0.15) is 10.1 Å². The number of ether oxygens (including phenoxy) is 1. The summed E-state index contributed by atoms with van der Waals surface area (Å²) in [6, 6.07) is 7.35. The molecule has 0 saturated carbocycles. The maximum absolute atomic E-state index is 12.0. The topological polar surface area (TPSA) is 58.6 Å². The molecular weight excluding hydrogens is 356 g/mol. The van der Waals surface area contributed by atoms with Gasteiger partial charge in [-0.25, -0.2) is 0 Å². The zero-order valence-electron chi connectivity index (χ0n) is 14.6. The molecule has 1 aliphatic rings. The molecule has 0 aromatic heterocycles. The van der Waals surface area contributed by atoms with Crippen LogP contribution in [0.4, 0.5) is 5.69 Å². The smallest absolute Gasteiger partial charge is 0.241 e. The lowest BCUT2D eigenvalue weighted by Gasteiger charge is -2.14. The summed E-state index contributed by atoms with van der Waals surface area (Å²) >= 11 is 6.65. The Kier molecular flexibility index (Phi) is 7.71. The number of unbranched alkanes of at least 4 members (excludes halogenated alkanes) is 2. The molecule has 0 aliphatic carbocycles. The maximum Gasteiger partial charge on any atom is 0.241 e. The van der Waals surface area contributed by atoms with Crippen LogP contribution in [0, 0.1) is 0 Å². The molecule has 1 unspecified atom stereocenters. The van der Waals surface area contributed by atoms with Gasteiger partial charge in [-0.05, 0) is 51.0 Å². The van der Waals surface area contributed by atoms with Crippen molar-refractivity contribution in [1.29, 1.82) is 0 Å². The minimum absolute atomic E-state index is 0.00103. The number of nitrogens with zero attached hydrogens (tertiary/aromatic N) is 1. The number of thioether (sulfide) groups is 1. The van der Waals surface area contributed by atoms with Gasteiger partial charge in [0.25, 0.3) is 0 Å². The van der Waals surface area contributed by atoms with E-state index in [2.05, 4.69) is 5.32 Å². The molecular formula is C18H24N2O3S2. The van der Waals surface area contributed by atoms with Crippen LogP contribution in [0.2, 0.25) is 0 Å². The highest BCUT2D eigenvalue weighted by atomic mass is 32.2. The molecule has 7 heteroatoms. The summed E-state index contributed by atoms with van der Waals surface area (Å²) in [5, 5.41) is 2.82. The Balaban J connectivity index is 1.62. The van der Waals surface area contributed by atoms with Crippen molar-refractivity contribution in [2.75, 3.05) is 18.5 Å². The van der Waals surface area contributed by atoms with Crippen LogP contribution in [-0.2, 0) is 9.59 Å². The van der Waals surface area contributed by atoms with E-state index in [4.69, 9.17) is 17.0 Å². The molecule has 0 bridgehead atoms. The standard InChI is InChI=1S/C18H24N2O3S2/c1-3-23-15-10-8-14(9-11-15)19-16(21)7-5-4-6-12-20-17(22)13(2)25-18(20)24/h8-11,13H,3-7,12H2,1-2H3,(H,19,21). The van der Waals surface area contributed by atoms with Gasteiger partial charge in [0, 0.05) is 18.7 Å². The van der Waals surface area contributed by atoms with E-state index in [1.165, 1.54) is 11.8 Å². The summed E-state index contributed by atoms with van der Waals surface area (Å²) < 4.78 is 6.04. The predicted molar refractivity (Wildman–Crippen MR) is 106 cm³/mol. The Morgan fingerprint density at radius 2 is 2.00 bits per heavy atom. The normalized spacial score (nSPS) is 17.0. The number of carbonyl (C=O) groups is 2. The number of hydrogen-bond donors (Lipinski definition) is 1. The molecule has 1 saturated heterocycles. The number of rotatable bonds is 9. The summed E-state index contributed by atoms with van der Waals surface area (Å²) in [4.78, 5) is 25.5. The fourth-order valence-corrected chi connectivity index (χ4v) is 3.99. The Bertz CT molecular complexity index is 619. The Labute approximate surface area is 158 Å². The van der Waals surface area contributed by atoms with Crippen LogP contribution in [0.15, 0.2) is 24.3 Å². The van der Waals surface area contributed by atoms with Crippen molar-refractivity contribution >= 4 is 45.8 Å². The lowest BCUT2D eigenvalue weighted by Crippen LogP contribution is -2.31. The molecule has 1 atom stereocenters. The summed E-state index contributed by atoms with van der Waals surface area (Å²) in [7, 11) is 0. The number of thiocarbonyl (C=S) groups is 1. The molecule has 0 radical (unpaired) electrons. The second-order valence-electron chi connectivity index (χ2n) is 5.83.